The molecule has 0 aliphatic carbocycles. The molecule has 0 aliphatic rings. The molecule has 0 aliphatic heterocycles. The molecule has 0 heterocycles. The van der Waals surface area contributed by atoms with Gasteiger partial charge in [-0.25, -0.2) is 0 Å². The molecule has 66 heavy (non-hydrogen) atoms. The molecule has 0 radical (unpaired) electrons. The van der Waals surface area contributed by atoms with Gasteiger partial charge in [-0.3, -0.25) is 9.59 Å². The Bertz CT molecular complexity index is 963. The van der Waals surface area contributed by atoms with Crippen molar-refractivity contribution in [3.8, 4) is 0 Å². The van der Waals surface area contributed by atoms with Crippen LogP contribution in [0.3, 0.4) is 0 Å². The molecule has 0 saturated heterocycles. The first-order valence-corrected chi connectivity index (χ1v) is 30.2. The fourth-order valence-electron chi connectivity index (χ4n) is 9.25. The Kier molecular flexibility index (Phi) is 56.8. The average molecular weight is 932 g/mol. The monoisotopic (exact) mass is 931 g/mol. The summed E-state index contributed by atoms with van der Waals surface area (Å²) in [7, 11) is 0. The van der Waals surface area contributed by atoms with Crippen molar-refractivity contribution >= 4 is 11.9 Å². The molecule has 0 rings (SSSR count). The van der Waals surface area contributed by atoms with E-state index in [1.54, 1.807) is 0 Å². The van der Waals surface area contributed by atoms with Crippen LogP contribution in [0.15, 0.2) is 12.2 Å². The standard InChI is InChI=1S/C61H118O5/c1-4-7-10-13-16-19-22-25-28-30-31-32-34-37-40-43-46-49-52-55-61(63)66-58-59(64-56-53-50-47-44-41-38-35-29-26-23-20-17-14-11-8-5-2)57-65-60(62)54-51-48-45-42-39-36-33-27-24-21-18-15-12-9-6-3/h27,33,59H,4-26,28-32,34-58H2,1-3H3/b33-27-/t59-/m1/s1. The summed E-state index contributed by atoms with van der Waals surface area (Å²) in [6, 6.07) is 0. The van der Waals surface area contributed by atoms with E-state index in [0.717, 1.165) is 38.5 Å². The molecule has 0 aromatic rings. The van der Waals surface area contributed by atoms with Gasteiger partial charge < -0.3 is 14.2 Å². The Morgan fingerprint density at radius 3 is 0.803 bits per heavy atom. The zero-order valence-corrected chi connectivity index (χ0v) is 45.2. The Balaban J connectivity index is 4.19. The molecule has 0 saturated carbocycles. The minimum Gasteiger partial charge on any atom is -0.463 e. The zero-order valence-electron chi connectivity index (χ0n) is 45.2. The molecule has 1 atom stereocenters. The Morgan fingerprint density at radius 2 is 0.530 bits per heavy atom. The predicted octanol–water partition coefficient (Wildman–Crippen LogP) is 20.6. The quantitative estimate of drug-likeness (QED) is 0.0345. The normalized spacial score (nSPS) is 12.1. The van der Waals surface area contributed by atoms with E-state index >= 15 is 0 Å². The first kappa shape index (κ1) is 64.6. The van der Waals surface area contributed by atoms with Gasteiger partial charge in [0.05, 0.1) is 0 Å². The van der Waals surface area contributed by atoms with Crippen molar-refractivity contribution < 1.29 is 23.8 Å². The van der Waals surface area contributed by atoms with Gasteiger partial charge >= 0.3 is 11.9 Å². The number of carbonyl (C=O) groups is 2. The van der Waals surface area contributed by atoms with Crippen LogP contribution < -0.4 is 0 Å². The van der Waals surface area contributed by atoms with E-state index in [1.807, 2.05) is 0 Å². The maximum Gasteiger partial charge on any atom is 0.305 e. The van der Waals surface area contributed by atoms with E-state index in [0.29, 0.717) is 19.4 Å². The van der Waals surface area contributed by atoms with Crippen molar-refractivity contribution in [1.82, 2.24) is 0 Å². The summed E-state index contributed by atoms with van der Waals surface area (Å²) in [5.74, 6) is -0.318. The van der Waals surface area contributed by atoms with E-state index in [2.05, 4.69) is 32.9 Å². The fourth-order valence-corrected chi connectivity index (χ4v) is 9.25. The van der Waals surface area contributed by atoms with Crippen LogP contribution in [0.5, 0.6) is 0 Å². The minimum absolute atomic E-state index is 0.155. The van der Waals surface area contributed by atoms with Gasteiger partial charge in [-0.2, -0.15) is 0 Å². The van der Waals surface area contributed by atoms with Gasteiger partial charge in [0.1, 0.15) is 19.3 Å². The summed E-state index contributed by atoms with van der Waals surface area (Å²) in [5, 5.41) is 0. The first-order chi connectivity index (χ1) is 32.6. The van der Waals surface area contributed by atoms with Gasteiger partial charge in [-0.1, -0.05) is 296 Å². The second kappa shape index (κ2) is 58.0. The van der Waals surface area contributed by atoms with Crippen LogP contribution in [0, 0.1) is 0 Å². The van der Waals surface area contributed by atoms with Crippen LogP contribution >= 0.6 is 0 Å². The summed E-state index contributed by atoms with van der Waals surface area (Å²) in [5.41, 5.74) is 0. The molecule has 0 bridgehead atoms. The maximum atomic E-state index is 12.7. The van der Waals surface area contributed by atoms with Crippen molar-refractivity contribution in [2.24, 2.45) is 0 Å². The van der Waals surface area contributed by atoms with Crippen molar-refractivity contribution in [2.45, 2.75) is 348 Å². The lowest BCUT2D eigenvalue weighted by atomic mass is 10.0. The number of hydrogen-bond donors (Lipinski definition) is 0. The second-order valence-electron chi connectivity index (χ2n) is 20.6. The molecule has 5 heteroatoms. The average Bonchev–Trinajstić information content (AvgIpc) is 3.32. The molecule has 0 unspecified atom stereocenters. The molecular formula is C61H118O5. The molecule has 0 aromatic heterocycles. The van der Waals surface area contributed by atoms with Gasteiger partial charge in [0.2, 0.25) is 0 Å². The molecule has 0 aromatic carbocycles. The lowest BCUT2D eigenvalue weighted by Crippen LogP contribution is -2.29. The van der Waals surface area contributed by atoms with Crippen LogP contribution in [-0.2, 0) is 23.8 Å². The number of unbranched alkanes of at least 4 members (excludes halogenated alkanes) is 44. The van der Waals surface area contributed by atoms with Crippen LogP contribution in [0.2, 0.25) is 0 Å². The molecule has 392 valence electrons. The van der Waals surface area contributed by atoms with E-state index in [4.69, 9.17) is 14.2 Å². The third-order valence-electron chi connectivity index (χ3n) is 13.8. The topological polar surface area (TPSA) is 61.8 Å². The molecule has 5 nitrogen and oxygen atoms in total. The van der Waals surface area contributed by atoms with Crippen molar-refractivity contribution in [2.75, 3.05) is 19.8 Å². The van der Waals surface area contributed by atoms with Crippen molar-refractivity contribution in [3.05, 3.63) is 12.2 Å². The SMILES string of the molecule is CCCCCCCC/C=C\CCCCCCCC(=O)OC[C@H](COC(=O)CCCCCCCCCCCCCCCCCCCCC)OCCCCCCCCCCCCCCCCCC. The highest BCUT2D eigenvalue weighted by Crippen LogP contribution is 2.17. The summed E-state index contributed by atoms with van der Waals surface area (Å²) in [6.07, 6.45) is 68.3. The Morgan fingerprint density at radius 1 is 0.303 bits per heavy atom. The van der Waals surface area contributed by atoms with Gasteiger partial charge in [-0.15, -0.1) is 0 Å². The third kappa shape index (κ3) is 55.2. The van der Waals surface area contributed by atoms with E-state index in [1.165, 1.54) is 270 Å². The van der Waals surface area contributed by atoms with Crippen LogP contribution in [0.1, 0.15) is 342 Å². The first-order valence-electron chi connectivity index (χ1n) is 30.2. The van der Waals surface area contributed by atoms with Gasteiger partial charge in [0.15, 0.2) is 0 Å². The summed E-state index contributed by atoms with van der Waals surface area (Å²) in [6.45, 7) is 7.80. The largest absolute Gasteiger partial charge is 0.463 e. The van der Waals surface area contributed by atoms with Crippen LogP contribution in [0.25, 0.3) is 0 Å². The highest BCUT2D eigenvalue weighted by Gasteiger charge is 2.16. The molecule has 0 N–H and O–H groups in total. The van der Waals surface area contributed by atoms with Gasteiger partial charge in [0.25, 0.3) is 0 Å². The van der Waals surface area contributed by atoms with Crippen molar-refractivity contribution in [3.63, 3.8) is 0 Å². The Labute approximate surface area is 414 Å². The number of carbonyl (C=O) groups excluding carboxylic acids is 2. The minimum atomic E-state index is -0.395. The molecule has 0 amide bonds. The number of hydrogen-bond acceptors (Lipinski definition) is 5. The van der Waals surface area contributed by atoms with Crippen LogP contribution in [-0.4, -0.2) is 37.9 Å². The van der Waals surface area contributed by atoms with Crippen molar-refractivity contribution in [1.29, 1.82) is 0 Å². The summed E-state index contributed by atoms with van der Waals surface area (Å²) >= 11 is 0. The van der Waals surface area contributed by atoms with E-state index in [9.17, 15) is 9.59 Å². The summed E-state index contributed by atoms with van der Waals surface area (Å²) < 4.78 is 17.5. The highest BCUT2D eigenvalue weighted by atomic mass is 16.6. The second-order valence-corrected chi connectivity index (χ2v) is 20.6. The van der Waals surface area contributed by atoms with Gasteiger partial charge in [-0.05, 0) is 44.9 Å². The number of rotatable bonds is 57. The predicted molar refractivity (Wildman–Crippen MR) is 289 cm³/mol. The lowest BCUT2D eigenvalue weighted by molar-refractivity contribution is -0.155. The number of esters is 2. The lowest BCUT2D eigenvalue weighted by Gasteiger charge is -2.18. The molecular weight excluding hydrogens is 813 g/mol. The van der Waals surface area contributed by atoms with Gasteiger partial charge in [0, 0.05) is 19.4 Å². The molecule has 0 fully saturated rings. The maximum absolute atomic E-state index is 12.7. The number of ether oxygens (including phenoxy) is 3. The van der Waals surface area contributed by atoms with Crippen LogP contribution in [0.4, 0.5) is 0 Å². The summed E-state index contributed by atoms with van der Waals surface area (Å²) in [4.78, 5) is 25.3. The smallest absolute Gasteiger partial charge is 0.305 e. The third-order valence-corrected chi connectivity index (χ3v) is 13.8. The Hall–Kier alpha value is -1.36. The highest BCUT2D eigenvalue weighted by molar-refractivity contribution is 5.69. The number of allylic oxidation sites excluding steroid dienone is 2. The fraction of sp³-hybridized carbons (Fsp3) is 0.934. The molecule has 0 spiro atoms. The zero-order chi connectivity index (χ0) is 47.7. The van der Waals surface area contributed by atoms with E-state index in [-0.39, 0.29) is 25.2 Å². The van der Waals surface area contributed by atoms with E-state index < -0.39 is 6.10 Å².